The summed E-state index contributed by atoms with van der Waals surface area (Å²) in [5, 5.41) is 8.27. The number of pyridine rings is 2. The normalized spacial score (nSPS) is 12.0. The first-order valence-corrected chi connectivity index (χ1v) is 9.30. The molecule has 0 saturated heterocycles. The van der Waals surface area contributed by atoms with Crippen LogP contribution in [0.15, 0.2) is 48.9 Å². The highest BCUT2D eigenvalue weighted by Gasteiger charge is 2.18. The fourth-order valence-electron chi connectivity index (χ4n) is 3.07. The molecule has 0 bridgehead atoms. The van der Waals surface area contributed by atoms with Gasteiger partial charge in [0.2, 0.25) is 5.91 Å². The Hall–Kier alpha value is -3.68. The van der Waals surface area contributed by atoms with Crippen molar-refractivity contribution >= 4 is 39.6 Å². The van der Waals surface area contributed by atoms with Crippen LogP contribution in [0.1, 0.15) is 30.8 Å². The number of anilines is 3. The minimum atomic E-state index is -0.657. The summed E-state index contributed by atoms with van der Waals surface area (Å²) in [6.45, 7) is 4.02. The fraction of sp³-hybridized carbons (Fsp3) is 0.238. The molecule has 1 unspecified atom stereocenters. The second kappa shape index (κ2) is 8.55. The SMILES string of the molecule is CC(C)CC(Nc1cnc(C(N)=O)c(Nc2ccc3ccncc3c2)c1)C(N)=O. The molecule has 2 aromatic heterocycles. The summed E-state index contributed by atoms with van der Waals surface area (Å²) in [7, 11) is 0. The quantitative estimate of drug-likeness (QED) is 0.465. The Morgan fingerprint density at radius 3 is 2.52 bits per heavy atom. The molecular formula is C21H24N6O2. The van der Waals surface area contributed by atoms with Crippen LogP contribution in [0.25, 0.3) is 10.8 Å². The molecule has 0 aliphatic rings. The van der Waals surface area contributed by atoms with E-state index in [9.17, 15) is 9.59 Å². The highest BCUT2D eigenvalue weighted by molar-refractivity contribution is 5.98. The van der Waals surface area contributed by atoms with Gasteiger partial charge in [-0.2, -0.15) is 0 Å². The molecule has 0 spiro atoms. The molecule has 150 valence electrons. The Morgan fingerprint density at radius 2 is 1.83 bits per heavy atom. The molecule has 3 rings (SSSR count). The van der Waals surface area contributed by atoms with Crippen molar-refractivity contribution in [3.8, 4) is 0 Å². The number of carbonyl (C=O) groups is 2. The number of hydrogen-bond donors (Lipinski definition) is 4. The van der Waals surface area contributed by atoms with Gasteiger partial charge in [-0.15, -0.1) is 0 Å². The number of nitrogens with zero attached hydrogens (tertiary/aromatic N) is 2. The largest absolute Gasteiger partial charge is 0.372 e. The second-order valence-corrected chi connectivity index (χ2v) is 7.28. The van der Waals surface area contributed by atoms with Gasteiger partial charge in [0.25, 0.3) is 5.91 Å². The number of hydrogen-bond acceptors (Lipinski definition) is 6. The molecule has 3 aromatic rings. The van der Waals surface area contributed by atoms with Crippen LogP contribution in [-0.2, 0) is 4.79 Å². The predicted molar refractivity (Wildman–Crippen MR) is 114 cm³/mol. The minimum absolute atomic E-state index is 0.0984. The Bertz CT molecular complexity index is 1050. The highest BCUT2D eigenvalue weighted by atomic mass is 16.1. The summed E-state index contributed by atoms with van der Waals surface area (Å²) >= 11 is 0. The molecule has 2 amide bonds. The first-order chi connectivity index (χ1) is 13.8. The smallest absolute Gasteiger partial charge is 0.269 e. The topological polar surface area (TPSA) is 136 Å². The molecular weight excluding hydrogens is 368 g/mol. The molecule has 29 heavy (non-hydrogen) atoms. The van der Waals surface area contributed by atoms with E-state index in [-0.39, 0.29) is 11.6 Å². The molecule has 8 heteroatoms. The van der Waals surface area contributed by atoms with Crippen LogP contribution in [0, 0.1) is 5.92 Å². The monoisotopic (exact) mass is 392 g/mol. The Balaban J connectivity index is 1.91. The van der Waals surface area contributed by atoms with E-state index in [1.54, 1.807) is 18.5 Å². The number of rotatable bonds is 8. The Labute approximate surface area is 168 Å². The number of fused-ring (bicyclic) bond motifs is 1. The number of aromatic nitrogens is 2. The van der Waals surface area contributed by atoms with E-state index in [4.69, 9.17) is 11.5 Å². The number of nitrogens with two attached hydrogens (primary N) is 2. The van der Waals surface area contributed by atoms with Gasteiger partial charge in [0, 0.05) is 23.5 Å². The molecule has 0 fully saturated rings. The van der Waals surface area contributed by atoms with Gasteiger partial charge < -0.3 is 22.1 Å². The van der Waals surface area contributed by atoms with Crippen LogP contribution >= 0.6 is 0 Å². The molecule has 8 nitrogen and oxygen atoms in total. The van der Waals surface area contributed by atoms with Crippen molar-refractivity contribution in [1.82, 2.24) is 9.97 Å². The first-order valence-electron chi connectivity index (χ1n) is 9.30. The van der Waals surface area contributed by atoms with Crippen molar-refractivity contribution in [2.75, 3.05) is 10.6 Å². The molecule has 0 aliphatic carbocycles. The van der Waals surface area contributed by atoms with Crippen LogP contribution in [0.2, 0.25) is 0 Å². The zero-order valence-electron chi connectivity index (χ0n) is 16.3. The van der Waals surface area contributed by atoms with Gasteiger partial charge in [-0.25, -0.2) is 4.98 Å². The lowest BCUT2D eigenvalue weighted by Gasteiger charge is -2.19. The van der Waals surface area contributed by atoms with Crippen LogP contribution in [0.4, 0.5) is 17.1 Å². The van der Waals surface area contributed by atoms with E-state index in [0.29, 0.717) is 17.8 Å². The van der Waals surface area contributed by atoms with Crippen LogP contribution in [-0.4, -0.2) is 27.8 Å². The van der Waals surface area contributed by atoms with E-state index < -0.39 is 17.9 Å². The third-order valence-electron chi connectivity index (χ3n) is 4.43. The van der Waals surface area contributed by atoms with Crippen LogP contribution in [0.5, 0.6) is 0 Å². The lowest BCUT2D eigenvalue weighted by molar-refractivity contribution is -0.119. The summed E-state index contributed by atoms with van der Waals surface area (Å²) < 4.78 is 0. The summed E-state index contributed by atoms with van der Waals surface area (Å²) in [6.07, 6.45) is 5.53. The van der Waals surface area contributed by atoms with Crippen molar-refractivity contribution in [1.29, 1.82) is 0 Å². The molecule has 0 aliphatic heterocycles. The van der Waals surface area contributed by atoms with Crippen molar-refractivity contribution < 1.29 is 9.59 Å². The summed E-state index contributed by atoms with van der Waals surface area (Å²) in [5.74, 6) is -0.828. The number of benzene rings is 1. The summed E-state index contributed by atoms with van der Waals surface area (Å²) in [4.78, 5) is 31.9. The third-order valence-corrected chi connectivity index (χ3v) is 4.43. The van der Waals surface area contributed by atoms with Gasteiger partial charge in [-0.1, -0.05) is 19.9 Å². The molecule has 1 aromatic carbocycles. The number of primary amides is 2. The average molecular weight is 392 g/mol. The first kappa shape index (κ1) is 20.1. The standard InChI is InChI=1S/C21H24N6O2/c1-12(2)7-18(20(22)28)27-16-9-17(19(21(23)29)25-11-16)26-15-4-3-13-5-6-24-10-14(13)8-15/h3-6,8-12,18,26-27H,7H2,1-2H3,(H2,22,28)(H2,23,29). The molecule has 0 radical (unpaired) electrons. The van der Waals surface area contributed by atoms with E-state index in [1.807, 2.05) is 38.1 Å². The van der Waals surface area contributed by atoms with Gasteiger partial charge >= 0.3 is 0 Å². The van der Waals surface area contributed by atoms with Crippen LogP contribution < -0.4 is 22.1 Å². The van der Waals surface area contributed by atoms with Crippen molar-refractivity contribution in [3.05, 3.63) is 54.6 Å². The maximum Gasteiger partial charge on any atom is 0.269 e. The zero-order chi connectivity index (χ0) is 21.0. The van der Waals surface area contributed by atoms with Gasteiger partial charge in [-0.3, -0.25) is 14.6 Å². The van der Waals surface area contributed by atoms with Gasteiger partial charge in [-0.05, 0) is 42.0 Å². The lowest BCUT2D eigenvalue weighted by atomic mass is 10.0. The lowest BCUT2D eigenvalue weighted by Crippen LogP contribution is -2.36. The number of carbonyl (C=O) groups excluding carboxylic acids is 2. The number of amides is 2. The zero-order valence-corrected chi connectivity index (χ0v) is 16.3. The van der Waals surface area contributed by atoms with Gasteiger partial charge in [0.1, 0.15) is 6.04 Å². The van der Waals surface area contributed by atoms with Gasteiger partial charge in [0.15, 0.2) is 5.69 Å². The number of nitrogens with one attached hydrogen (secondary N) is 2. The maximum atomic E-state index is 11.8. The highest BCUT2D eigenvalue weighted by Crippen LogP contribution is 2.26. The summed E-state index contributed by atoms with van der Waals surface area (Å²) in [6, 6.07) is 8.81. The minimum Gasteiger partial charge on any atom is -0.372 e. The van der Waals surface area contributed by atoms with E-state index in [1.165, 1.54) is 6.20 Å². The third kappa shape index (κ3) is 4.98. The maximum absolute atomic E-state index is 11.8. The molecule has 1 atom stereocenters. The van der Waals surface area contributed by atoms with Crippen molar-refractivity contribution in [2.24, 2.45) is 17.4 Å². The Kier molecular flexibility index (Phi) is 5.92. The van der Waals surface area contributed by atoms with E-state index >= 15 is 0 Å². The second-order valence-electron chi connectivity index (χ2n) is 7.28. The average Bonchev–Trinajstić information content (AvgIpc) is 2.67. The van der Waals surface area contributed by atoms with Crippen molar-refractivity contribution in [2.45, 2.75) is 26.3 Å². The fourth-order valence-corrected chi connectivity index (χ4v) is 3.07. The molecule has 0 saturated carbocycles. The summed E-state index contributed by atoms with van der Waals surface area (Å²) in [5.41, 5.74) is 12.8. The van der Waals surface area contributed by atoms with Crippen molar-refractivity contribution in [3.63, 3.8) is 0 Å². The predicted octanol–water partition coefficient (Wildman–Crippen LogP) is 2.78. The Morgan fingerprint density at radius 1 is 1.03 bits per heavy atom. The van der Waals surface area contributed by atoms with Crippen LogP contribution in [0.3, 0.4) is 0 Å². The van der Waals surface area contributed by atoms with E-state index in [0.717, 1.165) is 16.5 Å². The van der Waals surface area contributed by atoms with E-state index in [2.05, 4.69) is 20.6 Å². The molecule has 2 heterocycles. The molecule has 6 N–H and O–H groups in total. The van der Waals surface area contributed by atoms with Gasteiger partial charge in [0.05, 0.1) is 17.6 Å².